The molecule has 0 aliphatic heterocycles. The Morgan fingerprint density at radius 1 is 1.04 bits per heavy atom. The molecule has 0 aliphatic carbocycles. The zero-order chi connectivity index (χ0) is 18.9. The zero-order valence-electron chi connectivity index (χ0n) is 15.0. The molecule has 2 aromatic rings. The molecule has 0 heterocycles. The Hall–Kier alpha value is -2.60. The predicted octanol–water partition coefficient (Wildman–Crippen LogP) is 4.68. The number of urea groups is 1. The van der Waals surface area contributed by atoms with Gasteiger partial charge in [-0.05, 0) is 57.2 Å². The molecule has 140 valence electrons. The van der Waals surface area contributed by atoms with E-state index in [4.69, 9.17) is 25.8 Å². The normalized spacial score (nSPS) is 11.4. The zero-order valence-corrected chi connectivity index (χ0v) is 15.8. The number of halogens is 1. The van der Waals surface area contributed by atoms with Crippen molar-refractivity contribution in [2.45, 2.75) is 27.0 Å². The summed E-state index contributed by atoms with van der Waals surface area (Å²) in [7, 11) is 0. The van der Waals surface area contributed by atoms with E-state index in [1.165, 1.54) is 0 Å². The van der Waals surface area contributed by atoms with Crippen molar-refractivity contribution in [1.82, 2.24) is 5.32 Å². The van der Waals surface area contributed by atoms with Gasteiger partial charge in [0.2, 0.25) is 0 Å². The van der Waals surface area contributed by atoms with Gasteiger partial charge in [-0.15, -0.1) is 0 Å². The van der Waals surface area contributed by atoms with Gasteiger partial charge in [-0.2, -0.15) is 0 Å². The van der Waals surface area contributed by atoms with Crippen LogP contribution in [0.3, 0.4) is 0 Å². The van der Waals surface area contributed by atoms with Crippen molar-refractivity contribution in [3.05, 3.63) is 47.5 Å². The SMILES string of the molecule is CCOc1ccc(NC(=O)NC(C)Oc2ccc(Cl)cc2)cc1OCC. The number of carbonyl (C=O) groups is 1. The summed E-state index contributed by atoms with van der Waals surface area (Å²) in [5.74, 6) is 1.83. The molecule has 0 saturated carbocycles. The molecule has 0 bridgehead atoms. The molecule has 1 atom stereocenters. The Labute approximate surface area is 158 Å². The minimum Gasteiger partial charge on any atom is -0.490 e. The van der Waals surface area contributed by atoms with Crippen molar-refractivity contribution in [3.63, 3.8) is 0 Å². The summed E-state index contributed by atoms with van der Waals surface area (Å²) in [5, 5.41) is 6.08. The van der Waals surface area contributed by atoms with E-state index in [9.17, 15) is 4.79 Å². The summed E-state index contributed by atoms with van der Waals surface area (Å²) < 4.78 is 16.7. The number of nitrogens with one attached hydrogen (secondary N) is 2. The molecule has 2 N–H and O–H groups in total. The van der Waals surface area contributed by atoms with Gasteiger partial charge in [-0.3, -0.25) is 0 Å². The lowest BCUT2D eigenvalue weighted by Crippen LogP contribution is -2.39. The molecule has 1 unspecified atom stereocenters. The molecule has 0 aliphatic rings. The number of ether oxygens (including phenoxy) is 3. The number of anilines is 1. The number of amides is 2. The van der Waals surface area contributed by atoms with Crippen molar-refractivity contribution < 1.29 is 19.0 Å². The summed E-state index contributed by atoms with van der Waals surface area (Å²) in [6, 6.07) is 11.8. The van der Waals surface area contributed by atoms with Gasteiger partial charge in [-0.1, -0.05) is 11.6 Å². The molecule has 0 spiro atoms. The van der Waals surface area contributed by atoms with E-state index in [-0.39, 0.29) is 0 Å². The van der Waals surface area contributed by atoms with Gasteiger partial charge in [0.25, 0.3) is 0 Å². The van der Waals surface area contributed by atoms with Crippen molar-refractivity contribution in [3.8, 4) is 17.2 Å². The van der Waals surface area contributed by atoms with Crippen LogP contribution in [0.5, 0.6) is 17.2 Å². The molecule has 26 heavy (non-hydrogen) atoms. The fraction of sp³-hybridized carbons (Fsp3) is 0.316. The van der Waals surface area contributed by atoms with E-state index in [0.717, 1.165) is 0 Å². The van der Waals surface area contributed by atoms with Crippen LogP contribution >= 0.6 is 11.6 Å². The second-order valence-corrected chi connectivity index (χ2v) is 5.78. The average Bonchev–Trinajstić information content (AvgIpc) is 2.59. The molecular formula is C19H23ClN2O4. The first kappa shape index (κ1) is 19.7. The lowest BCUT2D eigenvalue weighted by Gasteiger charge is -2.17. The molecular weight excluding hydrogens is 356 g/mol. The van der Waals surface area contributed by atoms with Gasteiger partial charge in [-0.25, -0.2) is 4.79 Å². The van der Waals surface area contributed by atoms with Gasteiger partial charge >= 0.3 is 6.03 Å². The van der Waals surface area contributed by atoms with Crippen LogP contribution in [0.4, 0.5) is 10.5 Å². The number of rotatable bonds is 8. The van der Waals surface area contributed by atoms with E-state index < -0.39 is 12.3 Å². The third-order valence-electron chi connectivity index (χ3n) is 3.26. The van der Waals surface area contributed by atoms with Crippen molar-refractivity contribution in [2.75, 3.05) is 18.5 Å². The summed E-state index contributed by atoms with van der Waals surface area (Å²) in [4.78, 5) is 12.2. The highest BCUT2D eigenvalue weighted by Gasteiger charge is 2.11. The fourth-order valence-corrected chi connectivity index (χ4v) is 2.35. The van der Waals surface area contributed by atoms with E-state index >= 15 is 0 Å². The maximum absolute atomic E-state index is 12.2. The monoisotopic (exact) mass is 378 g/mol. The van der Waals surface area contributed by atoms with E-state index in [2.05, 4.69) is 10.6 Å². The van der Waals surface area contributed by atoms with Crippen molar-refractivity contribution in [1.29, 1.82) is 0 Å². The predicted molar refractivity (Wildman–Crippen MR) is 102 cm³/mol. The molecule has 2 amide bonds. The minimum absolute atomic E-state index is 0.391. The third kappa shape index (κ3) is 6.04. The highest BCUT2D eigenvalue weighted by Crippen LogP contribution is 2.30. The Morgan fingerprint density at radius 3 is 2.35 bits per heavy atom. The Bertz CT molecular complexity index is 722. The number of benzene rings is 2. The highest BCUT2D eigenvalue weighted by atomic mass is 35.5. The first-order chi connectivity index (χ1) is 12.5. The van der Waals surface area contributed by atoms with Crippen molar-refractivity contribution >= 4 is 23.3 Å². The molecule has 7 heteroatoms. The Balaban J connectivity index is 1.93. The maximum atomic E-state index is 12.2. The van der Waals surface area contributed by atoms with Crippen LogP contribution < -0.4 is 24.8 Å². The lowest BCUT2D eigenvalue weighted by atomic mass is 10.2. The Morgan fingerprint density at radius 2 is 1.69 bits per heavy atom. The first-order valence-corrected chi connectivity index (χ1v) is 8.79. The van der Waals surface area contributed by atoms with Crippen LogP contribution in [0.15, 0.2) is 42.5 Å². The molecule has 2 rings (SSSR count). The molecule has 2 aromatic carbocycles. The summed E-state index contributed by atoms with van der Waals surface area (Å²) in [6.45, 7) is 6.56. The highest BCUT2D eigenvalue weighted by molar-refractivity contribution is 6.30. The second-order valence-electron chi connectivity index (χ2n) is 5.34. The third-order valence-corrected chi connectivity index (χ3v) is 3.51. The van der Waals surface area contributed by atoms with E-state index in [0.29, 0.717) is 41.2 Å². The Kier molecular flexibility index (Phi) is 7.41. The van der Waals surface area contributed by atoms with Crippen LogP contribution in [0.1, 0.15) is 20.8 Å². The number of hydrogen-bond acceptors (Lipinski definition) is 4. The molecule has 0 saturated heterocycles. The van der Waals surface area contributed by atoms with Crippen LogP contribution in [-0.2, 0) is 0 Å². The van der Waals surface area contributed by atoms with Gasteiger partial charge in [0, 0.05) is 16.8 Å². The smallest absolute Gasteiger partial charge is 0.322 e. The maximum Gasteiger partial charge on any atom is 0.322 e. The van der Waals surface area contributed by atoms with Crippen LogP contribution in [0.25, 0.3) is 0 Å². The lowest BCUT2D eigenvalue weighted by molar-refractivity contribution is 0.183. The fourth-order valence-electron chi connectivity index (χ4n) is 2.23. The minimum atomic E-state index is -0.523. The second kappa shape index (κ2) is 9.77. The van der Waals surface area contributed by atoms with Crippen LogP contribution in [0.2, 0.25) is 5.02 Å². The van der Waals surface area contributed by atoms with Gasteiger partial charge < -0.3 is 24.8 Å². The van der Waals surface area contributed by atoms with Gasteiger partial charge in [0.1, 0.15) is 5.75 Å². The summed E-state index contributed by atoms with van der Waals surface area (Å²) in [6.07, 6.45) is -0.523. The summed E-state index contributed by atoms with van der Waals surface area (Å²) >= 11 is 5.83. The van der Waals surface area contributed by atoms with Crippen LogP contribution in [0, 0.1) is 0 Å². The quantitative estimate of drug-likeness (QED) is 0.654. The largest absolute Gasteiger partial charge is 0.490 e. The van der Waals surface area contributed by atoms with Gasteiger partial charge in [0.15, 0.2) is 17.7 Å². The number of carbonyl (C=O) groups excluding carboxylic acids is 1. The average molecular weight is 379 g/mol. The van der Waals surface area contributed by atoms with E-state index in [1.54, 1.807) is 49.4 Å². The topological polar surface area (TPSA) is 68.8 Å². The first-order valence-electron chi connectivity index (χ1n) is 8.41. The molecule has 0 radical (unpaired) electrons. The molecule has 6 nitrogen and oxygen atoms in total. The molecule has 0 aromatic heterocycles. The number of hydrogen-bond donors (Lipinski definition) is 2. The van der Waals surface area contributed by atoms with E-state index in [1.807, 2.05) is 13.8 Å². The summed E-state index contributed by atoms with van der Waals surface area (Å²) in [5.41, 5.74) is 0.591. The van der Waals surface area contributed by atoms with Crippen LogP contribution in [-0.4, -0.2) is 25.5 Å². The van der Waals surface area contributed by atoms with Gasteiger partial charge in [0.05, 0.1) is 13.2 Å². The van der Waals surface area contributed by atoms with Crippen molar-refractivity contribution in [2.24, 2.45) is 0 Å². The molecule has 0 fully saturated rings. The standard InChI is InChI=1S/C19H23ClN2O4/c1-4-24-17-11-8-15(12-18(17)25-5-2)22-19(23)21-13(3)26-16-9-6-14(20)7-10-16/h6-13H,4-5H2,1-3H3,(H2,21,22,23).